The molecule has 2 aliphatic rings. The standard InChI is InChI=1S/C33H32FN3OS/c1-4-22-8-5-6-9-28(22)37-29-10-7-11-30(38)32(29)31(27(18-35)33(37)36)26-17-23(20(2)16-21(26)3)19-39-25-14-12-24(34)13-15-25/h5-6,8-9,12-17,31H,4,7,10-11,19,36H2,1-3H3. The number of aryl methyl sites for hydroxylation is 3. The van der Waals surface area contributed by atoms with Crippen LogP contribution in [0.4, 0.5) is 10.1 Å². The molecule has 3 aromatic rings. The lowest BCUT2D eigenvalue weighted by molar-refractivity contribution is -0.116. The second-order valence-corrected chi connectivity index (χ2v) is 11.2. The molecule has 39 heavy (non-hydrogen) atoms. The van der Waals surface area contributed by atoms with Crippen LogP contribution < -0.4 is 10.6 Å². The highest BCUT2D eigenvalue weighted by Crippen LogP contribution is 2.48. The van der Waals surface area contributed by atoms with Crippen LogP contribution in [-0.2, 0) is 17.0 Å². The van der Waals surface area contributed by atoms with Gasteiger partial charge in [0.05, 0.1) is 23.2 Å². The monoisotopic (exact) mass is 537 g/mol. The van der Waals surface area contributed by atoms with Crippen molar-refractivity contribution in [3.63, 3.8) is 0 Å². The van der Waals surface area contributed by atoms with Crippen molar-refractivity contribution in [2.45, 2.75) is 63.0 Å². The smallest absolute Gasteiger partial charge is 0.161 e. The third-order valence-corrected chi connectivity index (χ3v) is 8.83. The number of halogens is 1. The van der Waals surface area contributed by atoms with E-state index < -0.39 is 5.92 Å². The summed E-state index contributed by atoms with van der Waals surface area (Å²) in [5.41, 5.74) is 15.1. The van der Waals surface area contributed by atoms with Crippen molar-refractivity contribution in [3.8, 4) is 6.07 Å². The molecule has 4 nitrogen and oxygen atoms in total. The molecular weight excluding hydrogens is 505 g/mol. The van der Waals surface area contributed by atoms with Crippen LogP contribution >= 0.6 is 11.8 Å². The van der Waals surface area contributed by atoms with Crippen molar-refractivity contribution in [2.75, 3.05) is 4.90 Å². The zero-order valence-corrected chi connectivity index (χ0v) is 23.4. The van der Waals surface area contributed by atoms with Crippen molar-refractivity contribution in [1.29, 1.82) is 5.26 Å². The molecular formula is C33H32FN3OS. The van der Waals surface area contributed by atoms with Gasteiger partial charge in [-0.15, -0.1) is 11.8 Å². The molecule has 1 unspecified atom stereocenters. The predicted octanol–water partition coefficient (Wildman–Crippen LogP) is 7.60. The number of nitrogens with zero attached hydrogens (tertiary/aromatic N) is 2. The highest BCUT2D eigenvalue weighted by molar-refractivity contribution is 7.98. The second-order valence-electron chi connectivity index (χ2n) is 10.2. The molecule has 0 radical (unpaired) electrons. The Morgan fingerprint density at radius 1 is 1.05 bits per heavy atom. The number of Topliss-reactive ketones (excluding diaryl/α,β-unsaturated/α-hetero) is 1. The Bertz CT molecular complexity index is 1550. The second kappa shape index (κ2) is 11.1. The number of nitrogens with two attached hydrogens (primary N) is 1. The molecule has 3 aromatic carbocycles. The Morgan fingerprint density at radius 2 is 1.79 bits per heavy atom. The number of ketones is 1. The Hall–Kier alpha value is -3.82. The number of carbonyl (C=O) groups is 1. The number of hydrogen-bond acceptors (Lipinski definition) is 5. The van der Waals surface area contributed by atoms with Gasteiger partial charge in [-0.1, -0.05) is 37.3 Å². The van der Waals surface area contributed by atoms with Gasteiger partial charge in [-0.3, -0.25) is 9.69 Å². The summed E-state index contributed by atoms with van der Waals surface area (Å²) in [5.74, 6) is 0.421. The van der Waals surface area contributed by atoms with E-state index in [4.69, 9.17) is 5.73 Å². The SMILES string of the molecule is CCc1ccccc1N1C(N)=C(C#N)C(c2cc(CSc3ccc(F)cc3)c(C)cc2C)C2=C1CCCC2=O. The van der Waals surface area contributed by atoms with E-state index >= 15 is 0 Å². The number of hydrogen-bond donors (Lipinski definition) is 1. The quantitative estimate of drug-likeness (QED) is 0.328. The Kier molecular flexibility index (Phi) is 7.63. The maximum absolute atomic E-state index is 13.6. The zero-order valence-electron chi connectivity index (χ0n) is 22.6. The lowest BCUT2D eigenvalue weighted by Crippen LogP contribution is -2.39. The van der Waals surface area contributed by atoms with E-state index in [1.165, 1.54) is 12.1 Å². The van der Waals surface area contributed by atoms with E-state index in [1.807, 2.05) is 30.0 Å². The summed E-state index contributed by atoms with van der Waals surface area (Å²) in [6, 6.07) is 21.2. The van der Waals surface area contributed by atoms with Crippen LogP contribution in [-0.4, -0.2) is 5.78 Å². The van der Waals surface area contributed by atoms with Crippen LogP contribution in [0.1, 0.15) is 59.9 Å². The summed E-state index contributed by atoms with van der Waals surface area (Å²) in [7, 11) is 0. The number of allylic oxidation sites excluding steroid dienone is 3. The molecule has 2 N–H and O–H groups in total. The van der Waals surface area contributed by atoms with Gasteiger partial charge in [0.1, 0.15) is 11.6 Å². The summed E-state index contributed by atoms with van der Waals surface area (Å²) < 4.78 is 13.4. The van der Waals surface area contributed by atoms with Gasteiger partial charge in [-0.2, -0.15) is 5.26 Å². The van der Waals surface area contributed by atoms with Crippen LogP contribution in [0.2, 0.25) is 0 Å². The van der Waals surface area contributed by atoms with Gasteiger partial charge in [-0.05, 0) is 91.3 Å². The molecule has 0 spiro atoms. The lowest BCUT2D eigenvalue weighted by atomic mass is 9.74. The Morgan fingerprint density at radius 3 is 2.51 bits per heavy atom. The first-order valence-corrected chi connectivity index (χ1v) is 14.3. The van der Waals surface area contributed by atoms with Gasteiger partial charge in [0.25, 0.3) is 0 Å². The van der Waals surface area contributed by atoms with Crippen LogP contribution in [0, 0.1) is 31.0 Å². The minimum atomic E-state index is -0.502. The lowest BCUT2D eigenvalue weighted by Gasteiger charge is -2.40. The molecule has 0 fully saturated rings. The molecule has 5 rings (SSSR count). The van der Waals surface area contributed by atoms with E-state index in [-0.39, 0.29) is 11.6 Å². The Labute approximate surface area is 234 Å². The normalized spacial score (nSPS) is 17.4. The summed E-state index contributed by atoms with van der Waals surface area (Å²) >= 11 is 1.63. The fourth-order valence-corrected chi connectivity index (χ4v) is 6.74. The van der Waals surface area contributed by atoms with Crippen LogP contribution in [0.5, 0.6) is 0 Å². The van der Waals surface area contributed by atoms with Gasteiger partial charge in [0.15, 0.2) is 5.78 Å². The molecule has 198 valence electrons. The summed E-state index contributed by atoms with van der Waals surface area (Å²) in [5, 5.41) is 10.5. The number of nitriles is 1. The first-order valence-electron chi connectivity index (χ1n) is 13.4. The summed E-state index contributed by atoms with van der Waals surface area (Å²) in [6.45, 7) is 6.21. The van der Waals surface area contributed by atoms with Crippen molar-refractivity contribution in [2.24, 2.45) is 5.73 Å². The van der Waals surface area contributed by atoms with E-state index in [0.717, 1.165) is 63.4 Å². The van der Waals surface area contributed by atoms with Gasteiger partial charge in [0.2, 0.25) is 0 Å². The zero-order chi connectivity index (χ0) is 27.7. The van der Waals surface area contributed by atoms with Crippen molar-refractivity contribution in [1.82, 2.24) is 0 Å². The van der Waals surface area contributed by atoms with Crippen LogP contribution in [0.25, 0.3) is 0 Å². The molecule has 1 atom stereocenters. The fourth-order valence-electron chi connectivity index (χ4n) is 5.78. The fraction of sp³-hybridized carbons (Fsp3) is 0.273. The number of thioether (sulfide) groups is 1. The molecule has 1 aliphatic heterocycles. The molecule has 0 amide bonds. The number of anilines is 1. The number of carbonyl (C=O) groups excluding carboxylic acids is 1. The first kappa shape index (κ1) is 26.8. The maximum Gasteiger partial charge on any atom is 0.161 e. The van der Waals surface area contributed by atoms with Gasteiger partial charge in [-0.25, -0.2) is 4.39 Å². The van der Waals surface area contributed by atoms with Crippen molar-refractivity contribution in [3.05, 3.63) is 117 Å². The number of rotatable bonds is 6. The first-order chi connectivity index (χ1) is 18.8. The van der Waals surface area contributed by atoms with Crippen molar-refractivity contribution >= 4 is 23.2 Å². The Balaban J connectivity index is 1.64. The van der Waals surface area contributed by atoms with E-state index in [0.29, 0.717) is 29.1 Å². The molecule has 1 aliphatic carbocycles. The molecule has 0 saturated heterocycles. The predicted molar refractivity (Wildman–Crippen MR) is 156 cm³/mol. The largest absolute Gasteiger partial charge is 0.384 e. The molecule has 0 aromatic heterocycles. The van der Waals surface area contributed by atoms with Gasteiger partial charge in [0, 0.05) is 28.3 Å². The van der Waals surface area contributed by atoms with Crippen LogP contribution in [0.15, 0.2) is 88.2 Å². The number of para-hydroxylation sites is 1. The summed E-state index contributed by atoms with van der Waals surface area (Å²) in [4.78, 5) is 16.6. The molecule has 0 bridgehead atoms. The molecule has 6 heteroatoms. The average molecular weight is 538 g/mol. The molecule has 1 heterocycles. The minimum absolute atomic E-state index is 0.0858. The van der Waals surface area contributed by atoms with E-state index in [2.05, 4.69) is 38.1 Å². The van der Waals surface area contributed by atoms with Gasteiger partial charge < -0.3 is 5.73 Å². The maximum atomic E-state index is 13.6. The van der Waals surface area contributed by atoms with Crippen LogP contribution in [0.3, 0.4) is 0 Å². The highest BCUT2D eigenvalue weighted by Gasteiger charge is 2.41. The molecule has 0 saturated carbocycles. The highest BCUT2D eigenvalue weighted by atomic mass is 32.2. The minimum Gasteiger partial charge on any atom is -0.384 e. The summed E-state index contributed by atoms with van der Waals surface area (Å²) in [6.07, 6.45) is 2.77. The average Bonchev–Trinajstić information content (AvgIpc) is 2.93. The van der Waals surface area contributed by atoms with Crippen molar-refractivity contribution < 1.29 is 9.18 Å². The van der Waals surface area contributed by atoms with E-state index in [1.54, 1.807) is 23.9 Å². The number of benzene rings is 3. The van der Waals surface area contributed by atoms with E-state index in [9.17, 15) is 14.4 Å². The third-order valence-electron chi connectivity index (χ3n) is 7.77. The third kappa shape index (κ3) is 4.99. The van der Waals surface area contributed by atoms with Gasteiger partial charge >= 0.3 is 0 Å². The topological polar surface area (TPSA) is 70.1 Å².